The molecule has 11 heavy (non-hydrogen) atoms. The topological polar surface area (TPSA) is 62.0 Å². The van der Waals surface area contributed by atoms with Crippen LogP contribution in [0.2, 0.25) is 0 Å². The number of aromatic amines is 1. The molecule has 0 fully saturated rings. The molecule has 60 valence electrons. The second-order valence-corrected chi connectivity index (χ2v) is 2.72. The minimum Gasteiger partial charge on any atom is -0.394 e. The third-order valence-corrected chi connectivity index (χ3v) is 1.69. The molecule has 1 rings (SSSR count). The molecule has 0 aromatic carbocycles. The summed E-state index contributed by atoms with van der Waals surface area (Å²) in [6.07, 6.45) is 1.71. The van der Waals surface area contributed by atoms with Crippen molar-refractivity contribution in [1.29, 1.82) is 0 Å². The number of rotatable bonds is 2. The smallest absolute Gasteiger partial charge is 0.103 e. The van der Waals surface area contributed by atoms with Crippen LogP contribution < -0.4 is 5.73 Å². The highest BCUT2D eigenvalue weighted by Crippen LogP contribution is 2.06. The van der Waals surface area contributed by atoms with Gasteiger partial charge in [0.15, 0.2) is 0 Å². The molecule has 0 amide bonds. The molecule has 0 saturated heterocycles. The van der Waals surface area contributed by atoms with Crippen LogP contribution in [0.5, 0.6) is 0 Å². The molecule has 0 aliphatic carbocycles. The fraction of sp³-hybridized carbons (Fsp3) is 0.286. The Morgan fingerprint density at radius 1 is 1.64 bits per heavy atom. The monoisotopic (exact) mass is 170 g/mol. The minimum atomic E-state index is -0.318. The molecule has 4 N–H and O–H groups in total. The molecule has 1 aromatic rings. The summed E-state index contributed by atoms with van der Waals surface area (Å²) in [6.45, 7) is -0.0510. The first-order valence-corrected chi connectivity index (χ1v) is 3.70. The Bertz CT molecular complexity index is 264. The van der Waals surface area contributed by atoms with Gasteiger partial charge in [0.1, 0.15) is 4.64 Å². The quantitative estimate of drug-likeness (QED) is 0.573. The van der Waals surface area contributed by atoms with Crippen LogP contribution in [0.15, 0.2) is 18.3 Å². The molecule has 0 radical (unpaired) electrons. The van der Waals surface area contributed by atoms with Gasteiger partial charge >= 0.3 is 0 Å². The van der Waals surface area contributed by atoms with Crippen molar-refractivity contribution in [3.63, 3.8) is 0 Å². The summed E-state index contributed by atoms with van der Waals surface area (Å²) in [5.41, 5.74) is 6.40. The maximum absolute atomic E-state index is 8.69. The van der Waals surface area contributed by atoms with Crippen molar-refractivity contribution < 1.29 is 5.11 Å². The molecule has 1 heterocycles. The van der Waals surface area contributed by atoms with Crippen molar-refractivity contribution in [3.8, 4) is 0 Å². The summed E-state index contributed by atoms with van der Waals surface area (Å²) < 4.78 is 0.666. The molecule has 0 saturated carbocycles. The average molecular weight is 170 g/mol. The molecular weight excluding hydrogens is 160 g/mol. The maximum atomic E-state index is 8.69. The van der Waals surface area contributed by atoms with E-state index in [1.165, 1.54) is 0 Å². The molecule has 0 bridgehead atoms. The molecule has 0 aliphatic heterocycles. The summed E-state index contributed by atoms with van der Waals surface area (Å²) in [6, 6.07) is 3.24. The number of H-pyrrole nitrogens is 1. The van der Waals surface area contributed by atoms with E-state index in [9.17, 15) is 0 Å². The van der Waals surface area contributed by atoms with Crippen molar-refractivity contribution in [2.75, 3.05) is 6.61 Å². The number of aliphatic hydroxyl groups is 1. The maximum Gasteiger partial charge on any atom is 0.103 e. The second kappa shape index (κ2) is 3.61. The first-order chi connectivity index (χ1) is 5.24. The van der Waals surface area contributed by atoms with Crippen molar-refractivity contribution in [2.24, 2.45) is 5.73 Å². The molecule has 0 spiro atoms. The van der Waals surface area contributed by atoms with E-state index in [1.807, 2.05) is 0 Å². The Labute approximate surface area is 69.9 Å². The van der Waals surface area contributed by atoms with E-state index >= 15 is 0 Å². The summed E-state index contributed by atoms with van der Waals surface area (Å²) in [5, 5.41) is 8.69. The molecule has 0 aliphatic rings. The van der Waals surface area contributed by atoms with Gasteiger partial charge in [0.2, 0.25) is 0 Å². The molecule has 1 aromatic heterocycles. The second-order valence-electron chi connectivity index (χ2n) is 2.28. The molecule has 1 atom stereocenters. The van der Waals surface area contributed by atoms with Gasteiger partial charge in [-0.15, -0.1) is 0 Å². The van der Waals surface area contributed by atoms with Gasteiger partial charge in [-0.25, -0.2) is 0 Å². The number of pyridine rings is 1. The van der Waals surface area contributed by atoms with Crippen LogP contribution in [-0.4, -0.2) is 16.7 Å². The van der Waals surface area contributed by atoms with Crippen LogP contribution in [0.4, 0.5) is 0 Å². The van der Waals surface area contributed by atoms with Crippen molar-refractivity contribution in [1.82, 2.24) is 4.98 Å². The molecular formula is C7H10N2OS. The molecule has 3 nitrogen and oxygen atoms in total. The van der Waals surface area contributed by atoms with Crippen molar-refractivity contribution in [2.45, 2.75) is 6.04 Å². The van der Waals surface area contributed by atoms with E-state index in [4.69, 9.17) is 23.1 Å². The number of hydrogen-bond donors (Lipinski definition) is 3. The lowest BCUT2D eigenvalue weighted by Crippen LogP contribution is -2.14. The lowest BCUT2D eigenvalue weighted by Gasteiger charge is -2.06. The lowest BCUT2D eigenvalue weighted by atomic mass is 10.1. The van der Waals surface area contributed by atoms with E-state index in [-0.39, 0.29) is 12.6 Å². The van der Waals surface area contributed by atoms with Crippen LogP contribution in [0, 0.1) is 4.64 Å². The van der Waals surface area contributed by atoms with Crippen LogP contribution in [-0.2, 0) is 0 Å². The third-order valence-electron chi connectivity index (χ3n) is 1.43. The fourth-order valence-electron chi connectivity index (χ4n) is 0.759. The zero-order chi connectivity index (χ0) is 8.27. The average Bonchev–Trinajstić information content (AvgIpc) is 2.05. The van der Waals surface area contributed by atoms with E-state index in [0.717, 1.165) is 5.56 Å². The standard InChI is InChI=1S/C7H10N2OS/c8-6(4-10)5-1-2-7(11)9-3-5/h1-3,6,10H,4,8H2,(H,9,11). The normalized spacial score (nSPS) is 12.9. The van der Waals surface area contributed by atoms with Gasteiger partial charge in [0, 0.05) is 6.20 Å². The largest absolute Gasteiger partial charge is 0.394 e. The number of aliphatic hydroxyl groups excluding tert-OH is 1. The van der Waals surface area contributed by atoms with E-state index in [0.29, 0.717) is 4.64 Å². The van der Waals surface area contributed by atoms with Crippen LogP contribution in [0.25, 0.3) is 0 Å². The Morgan fingerprint density at radius 2 is 2.36 bits per heavy atom. The van der Waals surface area contributed by atoms with E-state index in [2.05, 4.69) is 4.98 Å². The summed E-state index contributed by atoms with van der Waals surface area (Å²) in [4.78, 5) is 2.84. The SMILES string of the molecule is NC(CO)c1ccc(=S)[nH]c1. The summed E-state index contributed by atoms with van der Waals surface area (Å²) in [7, 11) is 0. The minimum absolute atomic E-state index is 0.0510. The Kier molecular flexibility index (Phi) is 2.76. The van der Waals surface area contributed by atoms with E-state index < -0.39 is 0 Å². The van der Waals surface area contributed by atoms with Gasteiger partial charge in [-0.05, 0) is 11.6 Å². The van der Waals surface area contributed by atoms with Gasteiger partial charge in [0.25, 0.3) is 0 Å². The zero-order valence-electron chi connectivity index (χ0n) is 5.95. The predicted molar refractivity (Wildman–Crippen MR) is 45.6 cm³/mol. The van der Waals surface area contributed by atoms with Crippen LogP contribution >= 0.6 is 12.2 Å². The number of aromatic nitrogens is 1. The third kappa shape index (κ3) is 2.11. The highest BCUT2D eigenvalue weighted by Gasteiger charge is 2.01. The van der Waals surface area contributed by atoms with Crippen LogP contribution in [0.3, 0.4) is 0 Å². The highest BCUT2D eigenvalue weighted by molar-refractivity contribution is 7.71. The van der Waals surface area contributed by atoms with Gasteiger partial charge < -0.3 is 15.8 Å². The Morgan fingerprint density at radius 3 is 2.82 bits per heavy atom. The summed E-state index contributed by atoms with van der Waals surface area (Å²) in [5.74, 6) is 0. The Balaban J connectivity index is 2.89. The van der Waals surface area contributed by atoms with Gasteiger partial charge in [0.05, 0.1) is 12.6 Å². The number of nitrogens with two attached hydrogens (primary N) is 1. The van der Waals surface area contributed by atoms with Crippen molar-refractivity contribution >= 4 is 12.2 Å². The number of hydrogen-bond acceptors (Lipinski definition) is 3. The zero-order valence-corrected chi connectivity index (χ0v) is 6.77. The molecule has 4 heteroatoms. The van der Waals surface area contributed by atoms with Crippen LogP contribution in [0.1, 0.15) is 11.6 Å². The summed E-state index contributed by atoms with van der Waals surface area (Å²) >= 11 is 4.84. The number of nitrogens with one attached hydrogen (secondary N) is 1. The first kappa shape index (κ1) is 8.39. The van der Waals surface area contributed by atoms with Gasteiger partial charge in [-0.1, -0.05) is 18.3 Å². The first-order valence-electron chi connectivity index (χ1n) is 3.29. The highest BCUT2D eigenvalue weighted by atomic mass is 32.1. The van der Waals surface area contributed by atoms with E-state index in [1.54, 1.807) is 18.3 Å². The van der Waals surface area contributed by atoms with Gasteiger partial charge in [-0.3, -0.25) is 0 Å². The predicted octanol–water partition coefficient (Wildman–Crippen LogP) is 0.736. The van der Waals surface area contributed by atoms with Crippen molar-refractivity contribution in [3.05, 3.63) is 28.5 Å². The Hall–Kier alpha value is -0.710. The molecule has 1 unspecified atom stereocenters. The lowest BCUT2D eigenvalue weighted by molar-refractivity contribution is 0.268. The van der Waals surface area contributed by atoms with Gasteiger partial charge in [-0.2, -0.15) is 0 Å². The fourth-order valence-corrected chi connectivity index (χ4v) is 0.886.